The normalized spacial score (nSPS) is 15.8. The fourth-order valence-corrected chi connectivity index (χ4v) is 3.84. The summed E-state index contributed by atoms with van der Waals surface area (Å²) in [7, 11) is 2.01. The van der Waals surface area contributed by atoms with Crippen molar-refractivity contribution in [2.75, 3.05) is 32.8 Å². The van der Waals surface area contributed by atoms with Crippen LogP contribution < -0.4 is 0 Å². The highest BCUT2D eigenvalue weighted by molar-refractivity contribution is 5.86. The van der Waals surface area contributed by atoms with Crippen LogP contribution in [0.2, 0.25) is 0 Å². The van der Waals surface area contributed by atoms with Gasteiger partial charge in [0.25, 0.3) is 0 Å². The number of hydrogen-bond donors (Lipinski definition) is 0. The monoisotopic (exact) mass is 388 g/mol. The van der Waals surface area contributed by atoms with Gasteiger partial charge >= 0.3 is 0 Å². The van der Waals surface area contributed by atoms with E-state index in [4.69, 9.17) is 14.7 Å². The van der Waals surface area contributed by atoms with Crippen molar-refractivity contribution in [3.05, 3.63) is 54.4 Å². The molecule has 0 N–H and O–H groups in total. The van der Waals surface area contributed by atoms with Gasteiger partial charge in [-0.1, -0.05) is 24.3 Å². The summed E-state index contributed by atoms with van der Waals surface area (Å²) in [5.41, 5.74) is 4.14. The zero-order chi connectivity index (χ0) is 19.6. The number of ether oxygens (including phenoxy) is 1. The van der Waals surface area contributed by atoms with Gasteiger partial charge in [0.05, 0.1) is 41.5 Å². The molecule has 5 rings (SSSR count). The Morgan fingerprint density at radius 1 is 0.931 bits per heavy atom. The highest BCUT2D eigenvalue weighted by atomic mass is 16.5. The van der Waals surface area contributed by atoms with Gasteiger partial charge < -0.3 is 13.9 Å². The number of hydrogen-bond acceptors (Lipinski definition) is 5. The molecule has 1 saturated heterocycles. The Bertz CT molecular complexity index is 1170. The number of fused-ring (bicyclic) bond motifs is 2. The number of imidazole rings is 2. The molecule has 7 nitrogen and oxygen atoms in total. The minimum absolute atomic E-state index is 0.714. The van der Waals surface area contributed by atoms with Crippen LogP contribution in [0.5, 0.6) is 0 Å². The molecule has 0 bridgehead atoms. The summed E-state index contributed by atoms with van der Waals surface area (Å²) in [6, 6.07) is 16.3. The van der Waals surface area contributed by atoms with Gasteiger partial charge in [0.15, 0.2) is 5.82 Å². The smallest absolute Gasteiger partial charge is 0.230 e. The molecule has 2 aromatic carbocycles. The van der Waals surface area contributed by atoms with Crippen molar-refractivity contribution in [1.82, 2.24) is 24.0 Å². The molecule has 1 aliphatic heterocycles. The van der Waals surface area contributed by atoms with E-state index in [0.29, 0.717) is 5.95 Å². The molecular weight excluding hydrogens is 364 g/mol. The standard InChI is InChI=1S/C22H24N6O/c1-26-19-8-4-2-6-17(19)24-21(26)16-23-22-25-18-7-3-5-9-20(18)28(22)11-10-27-12-14-29-15-13-27/h2-9,16H,10-15H2,1H3/b23-16+. The van der Waals surface area contributed by atoms with Gasteiger partial charge in [-0.05, 0) is 24.3 Å². The SMILES string of the molecule is Cn1c(/C=N/c2nc3ccccc3n2CCN2CCOCC2)nc2ccccc21. The van der Waals surface area contributed by atoms with E-state index < -0.39 is 0 Å². The van der Waals surface area contributed by atoms with Gasteiger partial charge in [-0.2, -0.15) is 0 Å². The van der Waals surface area contributed by atoms with E-state index in [1.165, 1.54) is 0 Å². The van der Waals surface area contributed by atoms with Gasteiger partial charge in [0.2, 0.25) is 5.95 Å². The fourth-order valence-electron chi connectivity index (χ4n) is 3.84. The second-order valence-corrected chi connectivity index (χ2v) is 7.28. The van der Waals surface area contributed by atoms with Crippen LogP contribution in [0.4, 0.5) is 5.95 Å². The van der Waals surface area contributed by atoms with Crippen LogP contribution in [0.15, 0.2) is 53.5 Å². The Labute approximate surface area is 169 Å². The molecule has 0 amide bonds. The summed E-state index contributed by atoms with van der Waals surface area (Å²) in [6.07, 6.45) is 1.81. The van der Waals surface area contributed by atoms with Crippen molar-refractivity contribution < 1.29 is 4.74 Å². The molecule has 2 aromatic heterocycles. The summed E-state index contributed by atoms with van der Waals surface area (Å²) in [4.78, 5) is 16.6. The van der Waals surface area contributed by atoms with Gasteiger partial charge in [-0.3, -0.25) is 4.90 Å². The Morgan fingerprint density at radius 3 is 2.38 bits per heavy atom. The van der Waals surface area contributed by atoms with E-state index in [2.05, 4.69) is 31.2 Å². The molecule has 4 aromatic rings. The zero-order valence-electron chi connectivity index (χ0n) is 16.5. The highest BCUT2D eigenvalue weighted by Crippen LogP contribution is 2.22. The minimum Gasteiger partial charge on any atom is -0.379 e. The fraction of sp³-hybridized carbons (Fsp3) is 0.318. The van der Waals surface area contributed by atoms with E-state index in [0.717, 1.165) is 67.3 Å². The topological polar surface area (TPSA) is 60.5 Å². The third kappa shape index (κ3) is 3.54. The summed E-state index contributed by atoms with van der Waals surface area (Å²) >= 11 is 0. The second kappa shape index (κ2) is 7.77. The van der Waals surface area contributed by atoms with Crippen LogP contribution in [-0.4, -0.2) is 63.1 Å². The number of rotatable bonds is 5. The van der Waals surface area contributed by atoms with E-state index in [1.807, 2.05) is 49.7 Å². The number of aryl methyl sites for hydroxylation is 1. The Kier molecular flexibility index (Phi) is 4.83. The lowest BCUT2D eigenvalue weighted by molar-refractivity contribution is 0.0366. The quantitative estimate of drug-likeness (QED) is 0.493. The van der Waals surface area contributed by atoms with Crippen molar-refractivity contribution in [2.45, 2.75) is 6.54 Å². The number of para-hydroxylation sites is 4. The number of aliphatic imine (C=N–C) groups is 1. The lowest BCUT2D eigenvalue weighted by atomic mass is 10.3. The Morgan fingerprint density at radius 2 is 1.62 bits per heavy atom. The number of benzene rings is 2. The minimum atomic E-state index is 0.714. The molecule has 0 saturated carbocycles. The van der Waals surface area contributed by atoms with Crippen LogP contribution in [-0.2, 0) is 18.3 Å². The molecule has 3 heterocycles. The van der Waals surface area contributed by atoms with Gasteiger partial charge in [-0.25, -0.2) is 15.0 Å². The predicted molar refractivity (Wildman–Crippen MR) is 115 cm³/mol. The molecule has 0 unspecified atom stereocenters. The van der Waals surface area contributed by atoms with Crippen molar-refractivity contribution >= 4 is 34.2 Å². The summed E-state index contributed by atoms with van der Waals surface area (Å²) < 4.78 is 9.71. The van der Waals surface area contributed by atoms with E-state index in [1.54, 1.807) is 0 Å². The van der Waals surface area contributed by atoms with Gasteiger partial charge in [0.1, 0.15) is 0 Å². The molecule has 1 fully saturated rings. The lowest BCUT2D eigenvalue weighted by Crippen LogP contribution is -2.38. The van der Waals surface area contributed by atoms with Crippen molar-refractivity contribution in [2.24, 2.45) is 12.0 Å². The van der Waals surface area contributed by atoms with Crippen LogP contribution in [0.25, 0.3) is 22.1 Å². The van der Waals surface area contributed by atoms with Gasteiger partial charge in [0, 0.05) is 33.2 Å². The first kappa shape index (κ1) is 18.0. The molecular formula is C22H24N6O. The predicted octanol–water partition coefficient (Wildman–Crippen LogP) is 3.01. The highest BCUT2D eigenvalue weighted by Gasteiger charge is 2.14. The zero-order valence-corrected chi connectivity index (χ0v) is 16.5. The average molecular weight is 388 g/mol. The molecule has 1 aliphatic rings. The van der Waals surface area contributed by atoms with Gasteiger partial charge in [-0.15, -0.1) is 0 Å². The average Bonchev–Trinajstić information content (AvgIpc) is 3.29. The number of aromatic nitrogens is 4. The van der Waals surface area contributed by atoms with E-state index >= 15 is 0 Å². The van der Waals surface area contributed by atoms with Crippen LogP contribution in [0.1, 0.15) is 5.82 Å². The third-order valence-corrected chi connectivity index (χ3v) is 5.50. The molecule has 29 heavy (non-hydrogen) atoms. The maximum Gasteiger partial charge on any atom is 0.230 e. The first-order chi connectivity index (χ1) is 14.3. The maximum absolute atomic E-state index is 5.46. The summed E-state index contributed by atoms with van der Waals surface area (Å²) in [5.74, 6) is 1.53. The second-order valence-electron chi connectivity index (χ2n) is 7.28. The maximum atomic E-state index is 5.46. The molecule has 7 heteroatoms. The molecule has 0 radical (unpaired) electrons. The molecule has 148 valence electrons. The van der Waals surface area contributed by atoms with Crippen molar-refractivity contribution in [3.8, 4) is 0 Å². The van der Waals surface area contributed by atoms with Crippen LogP contribution in [0.3, 0.4) is 0 Å². The molecule has 0 aliphatic carbocycles. The van der Waals surface area contributed by atoms with Crippen LogP contribution >= 0.6 is 0 Å². The van der Waals surface area contributed by atoms with E-state index in [-0.39, 0.29) is 0 Å². The number of nitrogens with zero attached hydrogens (tertiary/aromatic N) is 6. The molecule has 0 spiro atoms. The Balaban J connectivity index is 1.46. The Hall–Kier alpha value is -3.03. The first-order valence-corrected chi connectivity index (χ1v) is 10.0. The summed E-state index contributed by atoms with van der Waals surface area (Å²) in [6.45, 7) is 5.37. The van der Waals surface area contributed by atoms with Crippen molar-refractivity contribution in [1.29, 1.82) is 0 Å². The first-order valence-electron chi connectivity index (χ1n) is 10.0. The lowest BCUT2D eigenvalue weighted by Gasteiger charge is -2.26. The van der Waals surface area contributed by atoms with Crippen LogP contribution in [0, 0.1) is 0 Å². The summed E-state index contributed by atoms with van der Waals surface area (Å²) in [5, 5.41) is 0. The largest absolute Gasteiger partial charge is 0.379 e. The van der Waals surface area contributed by atoms with E-state index in [9.17, 15) is 0 Å². The number of morpholine rings is 1. The van der Waals surface area contributed by atoms with Crippen molar-refractivity contribution in [3.63, 3.8) is 0 Å². The molecule has 0 atom stereocenters. The third-order valence-electron chi connectivity index (χ3n) is 5.50.